The molecule has 112 valence electrons. The standard InChI is InChI=1S/C17H23N3O/c18-13-15-12-14-6-1-2-7-16(14)20(17(15)21)11-5-10-19-8-3-4-9-19/h1-2,6-7,12H,3-5,8-11,13,18H2. The summed E-state index contributed by atoms with van der Waals surface area (Å²) in [5, 5.41) is 1.10. The Morgan fingerprint density at radius 3 is 2.62 bits per heavy atom. The summed E-state index contributed by atoms with van der Waals surface area (Å²) in [4.78, 5) is 15.0. The van der Waals surface area contributed by atoms with Gasteiger partial charge in [-0.15, -0.1) is 0 Å². The maximum Gasteiger partial charge on any atom is 0.255 e. The largest absolute Gasteiger partial charge is 0.326 e. The summed E-state index contributed by atoms with van der Waals surface area (Å²) >= 11 is 0. The fourth-order valence-electron chi connectivity index (χ4n) is 3.21. The highest BCUT2D eigenvalue weighted by molar-refractivity contribution is 5.79. The Balaban J connectivity index is 1.85. The van der Waals surface area contributed by atoms with Crippen LogP contribution in [-0.2, 0) is 13.1 Å². The first-order valence-corrected chi connectivity index (χ1v) is 7.83. The molecule has 2 heterocycles. The molecule has 2 N–H and O–H groups in total. The molecule has 0 saturated carbocycles. The molecule has 1 aliphatic heterocycles. The summed E-state index contributed by atoms with van der Waals surface area (Å²) < 4.78 is 1.90. The molecule has 0 aliphatic carbocycles. The second-order valence-electron chi connectivity index (χ2n) is 5.79. The molecule has 4 heteroatoms. The maximum atomic E-state index is 12.5. The third kappa shape index (κ3) is 3.01. The molecule has 0 bridgehead atoms. The van der Waals surface area contributed by atoms with Crippen molar-refractivity contribution in [3.63, 3.8) is 0 Å². The van der Waals surface area contributed by atoms with Crippen LogP contribution in [0.4, 0.5) is 0 Å². The molecule has 21 heavy (non-hydrogen) atoms. The van der Waals surface area contributed by atoms with Gasteiger partial charge in [-0.05, 0) is 56.4 Å². The quantitative estimate of drug-likeness (QED) is 0.913. The van der Waals surface area contributed by atoms with E-state index in [1.165, 1.54) is 25.9 Å². The summed E-state index contributed by atoms with van der Waals surface area (Å²) in [6.07, 6.45) is 3.63. The van der Waals surface area contributed by atoms with E-state index < -0.39 is 0 Å². The van der Waals surface area contributed by atoms with Gasteiger partial charge in [-0.2, -0.15) is 0 Å². The molecular weight excluding hydrogens is 262 g/mol. The van der Waals surface area contributed by atoms with E-state index >= 15 is 0 Å². The molecule has 0 radical (unpaired) electrons. The van der Waals surface area contributed by atoms with Crippen molar-refractivity contribution in [1.29, 1.82) is 0 Å². The number of para-hydroxylation sites is 1. The van der Waals surface area contributed by atoms with Crippen molar-refractivity contribution in [2.45, 2.75) is 32.4 Å². The zero-order chi connectivity index (χ0) is 14.7. The number of benzene rings is 1. The third-order valence-electron chi connectivity index (χ3n) is 4.35. The first-order valence-electron chi connectivity index (χ1n) is 7.83. The number of nitrogens with two attached hydrogens (primary N) is 1. The lowest BCUT2D eigenvalue weighted by atomic mass is 10.1. The molecule has 0 amide bonds. The molecule has 0 atom stereocenters. The maximum absolute atomic E-state index is 12.5. The van der Waals surface area contributed by atoms with Gasteiger partial charge in [-0.25, -0.2) is 0 Å². The van der Waals surface area contributed by atoms with Crippen LogP contribution < -0.4 is 11.3 Å². The lowest BCUT2D eigenvalue weighted by Crippen LogP contribution is -2.28. The number of hydrogen-bond donors (Lipinski definition) is 1. The monoisotopic (exact) mass is 285 g/mol. The van der Waals surface area contributed by atoms with Crippen LogP contribution in [0.1, 0.15) is 24.8 Å². The zero-order valence-electron chi connectivity index (χ0n) is 12.4. The molecule has 0 unspecified atom stereocenters. The molecule has 1 aromatic carbocycles. The van der Waals surface area contributed by atoms with E-state index in [0.29, 0.717) is 12.1 Å². The number of hydrogen-bond acceptors (Lipinski definition) is 3. The number of nitrogens with zero attached hydrogens (tertiary/aromatic N) is 2. The number of likely N-dealkylation sites (tertiary alicyclic amines) is 1. The minimum absolute atomic E-state index is 0.0672. The number of pyridine rings is 1. The van der Waals surface area contributed by atoms with Crippen LogP contribution in [0.5, 0.6) is 0 Å². The van der Waals surface area contributed by atoms with Crippen molar-refractivity contribution in [3.05, 3.63) is 46.2 Å². The minimum Gasteiger partial charge on any atom is -0.326 e. The second-order valence-corrected chi connectivity index (χ2v) is 5.79. The van der Waals surface area contributed by atoms with E-state index in [9.17, 15) is 4.79 Å². The fourth-order valence-corrected chi connectivity index (χ4v) is 3.21. The smallest absolute Gasteiger partial charge is 0.255 e. The number of rotatable bonds is 5. The van der Waals surface area contributed by atoms with Crippen molar-refractivity contribution < 1.29 is 0 Å². The molecule has 1 aliphatic rings. The first kappa shape index (κ1) is 14.3. The molecule has 0 spiro atoms. The molecular formula is C17H23N3O. The van der Waals surface area contributed by atoms with E-state index in [0.717, 1.165) is 30.4 Å². The third-order valence-corrected chi connectivity index (χ3v) is 4.35. The van der Waals surface area contributed by atoms with Gasteiger partial charge in [-0.1, -0.05) is 18.2 Å². The van der Waals surface area contributed by atoms with Gasteiger partial charge in [0.1, 0.15) is 0 Å². The summed E-state index contributed by atoms with van der Waals surface area (Å²) in [5.74, 6) is 0. The summed E-state index contributed by atoms with van der Waals surface area (Å²) in [6, 6.07) is 9.98. The van der Waals surface area contributed by atoms with E-state index in [4.69, 9.17) is 5.73 Å². The van der Waals surface area contributed by atoms with Crippen LogP contribution >= 0.6 is 0 Å². The molecule has 1 saturated heterocycles. The van der Waals surface area contributed by atoms with Gasteiger partial charge in [0.25, 0.3) is 5.56 Å². The first-order chi connectivity index (χ1) is 10.3. The predicted molar refractivity (Wildman–Crippen MR) is 86.4 cm³/mol. The Labute approximate surface area is 125 Å². The Hall–Kier alpha value is -1.65. The van der Waals surface area contributed by atoms with Crippen molar-refractivity contribution in [3.8, 4) is 0 Å². The molecule has 2 aromatic rings. The lowest BCUT2D eigenvalue weighted by Gasteiger charge is -2.16. The van der Waals surface area contributed by atoms with Crippen molar-refractivity contribution in [2.24, 2.45) is 5.73 Å². The van der Waals surface area contributed by atoms with Gasteiger partial charge in [0.05, 0.1) is 5.52 Å². The highest BCUT2D eigenvalue weighted by atomic mass is 16.1. The Kier molecular flexibility index (Phi) is 4.36. The lowest BCUT2D eigenvalue weighted by molar-refractivity contribution is 0.325. The predicted octanol–water partition coefficient (Wildman–Crippen LogP) is 1.95. The number of aryl methyl sites for hydroxylation is 1. The topological polar surface area (TPSA) is 51.3 Å². The van der Waals surface area contributed by atoms with Crippen LogP contribution in [0.2, 0.25) is 0 Å². The van der Waals surface area contributed by atoms with E-state index in [-0.39, 0.29) is 5.56 Å². The van der Waals surface area contributed by atoms with E-state index in [1.54, 1.807) is 0 Å². The van der Waals surface area contributed by atoms with Crippen molar-refractivity contribution in [1.82, 2.24) is 9.47 Å². The zero-order valence-corrected chi connectivity index (χ0v) is 12.4. The van der Waals surface area contributed by atoms with Crippen LogP contribution in [0.15, 0.2) is 35.1 Å². The fraction of sp³-hybridized carbons (Fsp3) is 0.471. The van der Waals surface area contributed by atoms with Crippen LogP contribution in [0, 0.1) is 0 Å². The Bertz CT molecular complexity index is 671. The molecule has 4 nitrogen and oxygen atoms in total. The molecule has 1 fully saturated rings. The van der Waals surface area contributed by atoms with Crippen LogP contribution in [0.3, 0.4) is 0 Å². The van der Waals surface area contributed by atoms with Gasteiger partial charge in [-0.3, -0.25) is 4.79 Å². The van der Waals surface area contributed by atoms with Crippen molar-refractivity contribution >= 4 is 10.9 Å². The van der Waals surface area contributed by atoms with Gasteiger partial charge in [0.15, 0.2) is 0 Å². The molecule has 3 rings (SSSR count). The number of aromatic nitrogens is 1. The average molecular weight is 285 g/mol. The van der Waals surface area contributed by atoms with E-state index in [2.05, 4.69) is 4.90 Å². The van der Waals surface area contributed by atoms with E-state index in [1.807, 2.05) is 34.9 Å². The normalized spacial score (nSPS) is 15.9. The number of fused-ring (bicyclic) bond motifs is 1. The average Bonchev–Trinajstić information content (AvgIpc) is 3.02. The summed E-state index contributed by atoms with van der Waals surface area (Å²) in [6.45, 7) is 4.56. The van der Waals surface area contributed by atoms with Gasteiger partial charge in [0, 0.05) is 18.7 Å². The van der Waals surface area contributed by atoms with Gasteiger partial charge >= 0.3 is 0 Å². The molecule has 1 aromatic heterocycles. The Morgan fingerprint density at radius 2 is 1.86 bits per heavy atom. The van der Waals surface area contributed by atoms with Crippen LogP contribution in [0.25, 0.3) is 10.9 Å². The van der Waals surface area contributed by atoms with Crippen molar-refractivity contribution in [2.75, 3.05) is 19.6 Å². The summed E-state index contributed by atoms with van der Waals surface area (Å²) in [7, 11) is 0. The van der Waals surface area contributed by atoms with Gasteiger partial charge in [0.2, 0.25) is 0 Å². The SMILES string of the molecule is NCc1cc2ccccc2n(CCCN2CCCC2)c1=O. The second kappa shape index (κ2) is 6.41. The highest BCUT2D eigenvalue weighted by Crippen LogP contribution is 2.14. The van der Waals surface area contributed by atoms with Crippen LogP contribution in [-0.4, -0.2) is 29.1 Å². The van der Waals surface area contributed by atoms with Gasteiger partial charge < -0.3 is 15.2 Å². The Morgan fingerprint density at radius 1 is 1.10 bits per heavy atom. The minimum atomic E-state index is 0.0672. The summed E-state index contributed by atoms with van der Waals surface area (Å²) in [5.41, 5.74) is 7.50. The highest BCUT2D eigenvalue weighted by Gasteiger charge is 2.12.